The van der Waals surface area contributed by atoms with Crippen molar-refractivity contribution < 1.29 is 18.0 Å². The zero-order valence-electron chi connectivity index (χ0n) is 9.89. The van der Waals surface area contributed by atoms with Crippen LogP contribution in [-0.2, 0) is 0 Å². The van der Waals surface area contributed by atoms with E-state index < -0.39 is 11.4 Å². The van der Waals surface area contributed by atoms with Crippen LogP contribution in [0.3, 0.4) is 0 Å². The van der Waals surface area contributed by atoms with E-state index in [1.165, 1.54) is 36.8 Å². The quantitative estimate of drug-likeness (QED) is 0.883. The van der Waals surface area contributed by atoms with E-state index in [4.69, 9.17) is 0 Å². The number of nitrogens with zero attached hydrogens (tertiary/aromatic N) is 2. The second kappa shape index (κ2) is 5.91. The van der Waals surface area contributed by atoms with Crippen LogP contribution in [-0.4, -0.2) is 21.4 Å². The number of alkyl halides is 3. The molecule has 8 heteroatoms. The fourth-order valence-corrected chi connectivity index (χ4v) is 1.93. The first kappa shape index (κ1) is 14.3. The number of aromatic nitrogens is 2. The molecule has 4 nitrogen and oxygen atoms in total. The number of carbonyl (C=O) groups excluding carboxylic acids is 1. The fourth-order valence-electron chi connectivity index (χ4n) is 1.37. The molecular formula is C12H8F3N3OS. The Morgan fingerprint density at radius 1 is 1.20 bits per heavy atom. The molecule has 2 aromatic rings. The topological polar surface area (TPSA) is 54.9 Å². The largest absolute Gasteiger partial charge is 0.447 e. The summed E-state index contributed by atoms with van der Waals surface area (Å²) in [5.41, 5.74) is -4.22. The third-order valence-corrected chi connectivity index (χ3v) is 2.91. The van der Waals surface area contributed by atoms with Gasteiger partial charge in [0.25, 0.3) is 5.91 Å². The average Bonchev–Trinajstić information content (AvgIpc) is 2.40. The molecule has 1 amide bonds. The molecule has 1 N–H and O–H groups in total. The Labute approximate surface area is 116 Å². The van der Waals surface area contributed by atoms with Crippen LogP contribution in [0.4, 0.5) is 18.9 Å². The Morgan fingerprint density at radius 2 is 1.95 bits per heavy atom. The average molecular weight is 299 g/mol. The molecule has 0 bridgehead atoms. The van der Waals surface area contributed by atoms with Crippen molar-refractivity contribution in [3.63, 3.8) is 0 Å². The maximum absolute atomic E-state index is 12.4. The van der Waals surface area contributed by atoms with Gasteiger partial charge in [-0.3, -0.25) is 9.78 Å². The number of anilines is 1. The molecule has 0 spiro atoms. The van der Waals surface area contributed by atoms with Gasteiger partial charge >= 0.3 is 5.51 Å². The summed E-state index contributed by atoms with van der Waals surface area (Å²) in [4.78, 5) is 19.3. The minimum Gasteiger partial charge on any atom is -0.320 e. The van der Waals surface area contributed by atoms with Gasteiger partial charge in [-0.2, -0.15) is 13.2 Å². The molecule has 0 saturated heterocycles. The number of hydrogen-bond acceptors (Lipinski definition) is 4. The van der Waals surface area contributed by atoms with Crippen molar-refractivity contribution in [3.05, 3.63) is 48.4 Å². The maximum atomic E-state index is 12.4. The molecule has 104 valence electrons. The van der Waals surface area contributed by atoms with Crippen LogP contribution in [0.1, 0.15) is 10.4 Å². The van der Waals surface area contributed by atoms with Crippen molar-refractivity contribution in [2.24, 2.45) is 0 Å². The number of halogens is 3. The lowest BCUT2D eigenvalue weighted by Gasteiger charge is -2.10. The number of pyridine rings is 2. The van der Waals surface area contributed by atoms with Crippen LogP contribution >= 0.6 is 11.8 Å². The molecule has 0 atom stereocenters. The predicted molar refractivity (Wildman–Crippen MR) is 68.3 cm³/mol. The normalized spacial score (nSPS) is 11.2. The molecule has 0 aromatic carbocycles. The van der Waals surface area contributed by atoms with Crippen LogP contribution in [0.15, 0.2) is 47.9 Å². The second-order valence-corrected chi connectivity index (χ2v) is 4.65. The van der Waals surface area contributed by atoms with Crippen molar-refractivity contribution in [2.75, 3.05) is 5.32 Å². The molecular weight excluding hydrogens is 291 g/mol. The maximum Gasteiger partial charge on any atom is 0.447 e. The van der Waals surface area contributed by atoms with Crippen molar-refractivity contribution in [1.82, 2.24) is 9.97 Å². The predicted octanol–water partition coefficient (Wildman–Crippen LogP) is 3.34. The van der Waals surface area contributed by atoms with Gasteiger partial charge in [-0.05, 0) is 24.3 Å². The van der Waals surface area contributed by atoms with E-state index in [1.807, 2.05) is 0 Å². The van der Waals surface area contributed by atoms with Gasteiger partial charge in [-0.1, -0.05) is 0 Å². The summed E-state index contributed by atoms with van der Waals surface area (Å²) in [6.45, 7) is 0. The first-order valence-corrected chi connectivity index (χ1v) is 6.19. The highest BCUT2D eigenvalue weighted by atomic mass is 32.2. The highest BCUT2D eigenvalue weighted by Crippen LogP contribution is 2.39. The second-order valence-electron chi connectivity index (χ2n) is 3.60. The lowest BCUT2D eigenvalue weighted by atomic mass is 10.2. The molecule has 0 aliphatic heterocycles. The molecule has 0 saturated carbocycles. The SMILES string of the molecule is O=C(Nc1cccnc1SC(F)(F)F)c1cccnc1. The highest BCUT2D eigenvalue weighted by Gasteiger charge is 2.31. The molecule has 0 fully saturated rings. The summed E-state index contributed by atoms with van der Waals surface area (Å²) in [6, 6.07) is 5.87. The summed E-state index contributed by atoms with van der Waals surface area (Å²) in [6.07, 6.45) is 4.04. The van der Waals surface area contributed by atoms with E-state index in [2.05, 4.69) is 15.3 Å². The van der Waals surface area contributed by atoms with Crippen LogP contribution < -0.4 is 5.32 Å². The standard InChI is InChI=1S/C12H8F3N3OS/c13-12(14,15)20-11-9(4-2-6-17-11)18-10(19)8-3-1-5-16-7-8/h1-7H,(H,18,19). The summed E-state index contributed by atoms with van der Waals surface area (Å²) >= 11 is -0.377. The summed E-state index contributed by atoms with van der Waals surface area (Å²) in [7, 11) is 0. The number of nitrogens with one attached hydrogen (secondary N) is 1. The number of thioether (sulfide) groups is 1. The fraction of sp³-hybridized carbons (Fsp3) is 0.0833. The molecule has 2 rings (SSSR count). The smallest absolute Gasteiger partial charge is 0.320 e. The van der Waals surface area contributed by atoms with E-state index in [0.717, 1.165) is 0 Å². The van der Waals surface area contributed by atoms with Gasteiger partial charge in [0.05, 0.1) is 11.3 Å². The zero-order valence-corrected chi connectivity index (χ0v) is 10.7. The van der Waals surface area contributed by atoms with Crippen LogP contribution in [0.2, 0.25) is 0 Å². The molecule has 0 aliphatic rings. The molecule has 20 heavy (non-hydrogen) atoms. The Morgan fingerprint density at radius 3 is 2.60 bits per heavy atom. The van der Waals surface area contributed by atoms with E-state index in [-0.39, 0.29) is 28.0 Å². The molecule has 0 aliphatic carbocycles. The first-order valence-electron chi connectivity index (χ1n) is 5.38. The number of hydrogen-bond donors (Lipinski definition) is 1. The molecule has 2 heterocycles. The van der Waals surface area contributed by atoms with E-state index in [9.17, 15) is 18.0 Å². The Balaban J connectivity index is 2.20. The first-order chi connectivity index (χ1) is 9.46. The molecule has 0 radical (unpaired) electrons. The van der Waals surface area contributed by atoms with Crippen molar-refractivity contribution in [1.29, 1.82) is 0 Å². The summed E-state index contributed by atoms with van der Waals surface area (Å²) in [5, 5.41) is 2.08. The van der Waals surface area contributed by atoms with Crippen molar-refractivity contribution >= 4 is 23.4 Å². The third-order valence-electron chi connectivity index (χ3n) is 2.16. The number of rotatable bonds is 3. The van der Waals surface area contributed by atoms with Gasteiger partial charge in [0, 0.05) is 30.4 Å². The van der Waals surface area contributed by atoms with Gasteiger partial charge < -0.3 is 5.32 Å². The van der Waals surface area contributed by atoms with Crippen LogP contribution in [0.25, 0.3) is 0 Å². The van der Waals surface area contributed by atoms with Gasteiger partial charge in [0.2, 0.25) is 0 Å². The van der Waals surface area contributed by atoms with Crippen LogP contribution in [0, 0.1) is 0 Å². The minimum atomic E-state index is -4.47. The molecule has 2 aromatic heterocycles. The lowest BCUT2D eigenvalue weighted by Crippen LogP contribution is -2.13. The van der Waals surface area contributed by atoms with Crippen molar-refractivity contribution in [3.8, 4) is 0 Å². The van der Waals surface area contributed by atoms with Gasteiger partial charge in [-0.15, -0.1) is 0 Å². The molecule has 0 unspecified atom stereocenters. The lowest BCUT2D eigenvalue weighted by molar-refractivity contribution is -0.0329. The zero-order chi connectivity index (χ0) is 14.6. The Hall–Kier alpha value is -2.09. The summed E-state index contributed by atoms with van der Waals surface area (Å²) < 4.78 is 37.1. The van der Waals surface area contributed by atoms with E-state index in [1.54, 1.807) is 6.07 Å². The van der Waals surface area contributed by atoms with Gasteiger partial charge in [0.15, 0.2) is 0 Å². The van der Waals surface area contributed by atoms with E-state index in [0.29, 0.717) is 0 Å². The monoisotopic (exact) mass is 299 g/mol. The number of amides is 1. The van der Waals surface area contributed by atoms with Crippen molar-refractivity contribution in [2.45, 2.75) is 10.5 Å². The highest BCUT2D eigenvalue weighted by molar-refractivity contribution is 8.00. The van der Waals surface area contributed by atoms with Gasteiger partial charge in [-0.25, -0.2) is 4.98 Å². The van der Waals surface area contributed by atoms with Crippen LogP contribution in [0.5, 0.6) is 0 Å². The van der Waals surface area contributed by atoms with E-state index >= 15 is 0 Å². The third kappa shape index (κ3) is 3.95. The van der Waals surface area contributed by atoms with Gasteiger partial charge in [0.1, 0.15) is 5.03 Å². The Kier molecular flexibility index (Phi) is 4.23. The minimum absolute atomic E-state index is 0.00341. The Bertz CT molecular complexity index is 604. The summed E-state index contributed by atoms with van der Waals surface area (Å²) in [5.74, 6) is -0.546. The number of carbonyl (C=O) groups is 1.